The number of hydrogen-bond acceptors (Lipinski definition) is 3. The summed E-state index contributed by atoms with van der Waals surface area (Å²) in [7, 11) is -1.66. The molecule has 0 aliphatic carbocycles. The predicted octanol–water partition coefficient (Wildman–Crippen LogP) is 2.91. The van der Waals surface area contributed by atoms with Gasteiger partial charge in [-0.1, -0.05) is 25.5 Å². The van der Waals surface area contributed by atoms with Crippen molar-refractivity contribution in [1.29, 1.82) is 0 Å². The largest absolute Gasteiger partial charge is 0.343 e. The molecule has 1 heterocycles. The van der Waals surface area contributed by atoms with Crippen LogP contribution in [0, 0.1) is 5.92 Å². The fourth-order valence-corrected chi connectivity index (χ4v) is 4.62. The molecule has 1 aromatic rings. The molecule has 0 aromatic heterocycles. The van der Waals surface area contributed by atoms with Gasteiger partial charge in [-0.2, -0.15) is 4.31 Å². The molecule has 0 N–H and O–H groups in total. The summed E-state index contributed by atoms with van der Waals surface area (Å²) in [6, 6.07) is 7.35. The van der Waals surface area contributed by atoms with E-state index in [0.29, 0.717) is 30.8 Å². The molecule has 0 bridgehead atoms. The van der Waals surface area contributed by atoms with Crippen molar-refractivity contribution in [3.8, 4) is 0 Å². The van der Waals surface area contributed by atoms with Gasteiger partial charge in [0.1, 0.15) is 0 Å². The van der Waals surface area contributed by atoms with Crippen LogP contribution in [0.3, 0.4) is 0 Å². The number of hydrogen-bond donors (Lipinski definition) is 0. The van der Waals surface area contributed by atoms with Gasteiger partial charge < -0.3 is 4.90 Å². The number of nitrogens with zero attached hydrogens (tertiary/aromatic N) is 2. The van der Waals surface area contributed by atoms with Gasteiger partial charge in [0.25, 0.3) is 0 Å². The first-order valence-corrected chi connectivity index (χ1v) is 10.6. The minimum atomic E-state index is -3.47. The van der Waals surface area contributed by atoms with Crippen molar-refractivity contribution in [2.75, 3.05) is 20.1 Å². The molecule has 140 valence electrons. The number of piperidine rings is 1. The highest BCUT2D eigenvalue weighted by atomic mass is 32.2. The van der Waals surface area contributed by atoms with E-state index in [9.17, 15) is 13.2 Å². The molecule has 1 aliphatic rings. The summed E-state index contributed by atoms with van der Waals surface area (Å²) >= 11 is 0. The van der Waals surface area contributed by atoms with Crippen molar-refractivity contribution in [3.63, 3.8) is 0 Å². The molecule has 0 spiro atoms. The smallest absolute Gasteiger partial charge is 0.243 e. The second kappa shape index (κ2) is 8.32. The number of aryl methyl sites for hydroxylation is 1. The Morgan fingerprint density at radius 1 is 1.20 bits per heavy atom. The zero-order valence-corrected chi connectivity index (χ0v) is 16.6. The van der Waals surface area contributed by atoms with Crippen molar-refractivity contribution in [2.45, 2.75) is 57.4 Å². The minimum Gasteiger partial charge on any atom is -0.343 e. The molecule has 1 aromatic carbocycles. The van der Waals surface area contributed by atoms with Gasteiger partial charge in [-0.25, -0.2) is 8.42 Å². The highest BCUT2D eigenvalue weighted by Crippen LogP contribution is 2.25. The van der Waals surface area contributed by atoms with Crippen LogP contribution >= 0.6 is 0 Å². The minimum absolute atomic E-state index is 0.0780. The first kappa shape index (κ1) is 19.9. The molecule has 5 nitrogen and oxygen atoms in total. The van der Waals surface area contributed by atoms with E-state index < -0.39 is 10.0 Å². The average Bonchev–Trinajstić information content (AvgIpc) is 2.61. The van der Waals surface area contributed by atoms with E-state index in [1.807, 2.05) is 33.0 Å². The third kappa shape index (κ3) is 4.61. The lowest BCUT2D eigenvalue weighted by molar-refractivity contribution is -0.136. The average molecular weight is 367 g/mol. The van der Waals surface area contributed by atoms with Crippen LogP contribution in [-0.2, 0) is 21.2 Å². The van der Waals surface area contributed by atoms with Crippen LogP contribution in [0.25, 0.3) is 0 Å². The van der Waals surface area contributed by atoms with Crippen molar-refractivity contribution in [2.24, 2.45) is 5.92 Å². The van der Waals surface area contributed by atoms with Gasteiger partial charge in [0.15, 0.2) is 0 Å². The highest BCUT2D eigenvalue weighted by Gasteiger charge is 2.33. The van der Waals surface area contributed by atoms with E-state index in [2.05, 4.69) is 6.92 Å². The molecule has 1 amide bonds. The van der Waals surface area contributed by atoms with Crippen molar-refractivity contribution in [3.05, 3.63) is 29.8 Å². The summed E-state index contributed by atoms with van der Waals surface area (Å²) in [5, 5.41) is 0. The molecule has 0 unspecified atom stereocenters. The molecular formula is C19H30N2O3S. The fraction of sp³-hybridized carbons (Fsp3) is 0.632. The first-order valence-electron chi connectivity index (χ1n) is 9.13. The standard InChI is InChI=1S/C19H30N2O3S/c1-5-6-16-7-9-18(10-8-16)25(23,24)21-13-11-17(12-14-21)19(22)20(4)15(2)3/h7-10,15,17H,5-6,11-14H2,1-4H3. The fourth-order valence-electron chi connectivity index (χ4n) is 3.15. The number of carbonyl (C=O) groups excluding carboxylic acids is 1. The molecular weight excluding hydrogens is 336 g/mol. The van der Waals surface area contributed by atoms with E-state index in [1.165, 1.54) is 4.31 Å². The van der Waals surface area contributed by atoms with Crippen molar-refractivity contribution < 1.29 is 13.2 Å². The molecule has 0 radical (unpaired) electrons. The third-order valence-electron chi connectivity index (χ3n) is 5.03. The van der Waals surface area contributed by atoms with E-state index >= 15 is 0 Å². The summed E-state index contributed by atoms with van der Waals surface area (Å²) in [4.78, 5) is 14.5. The second-order valence-corrected chi connectivity index (χ2v) is 9.05. The Bertz CT molecular complexity index is 675. The summed E-state index contributed by atoms with van der Waals surface area (Å²) in [6.45, 7) is 6.88. The van der Waals surface area contributed by atoms with Crippen molar-refractivity contribution in [1.82, 2.24) is 9.21 Å². The summed E-state index contributed by atoms with van der Waals surface area (Å²) in [5.41, 5.74) is 1.16. The van der Waals surface area contributed by atoms with Crippen molar-refractivity contribution >= 4 is 15.9 Å². The Morgan fingerprint density at radius 2 is 1.76 bits per heavy atom. The summed E-state index contributed by atoms with van der Waals surface area (Å²) in [5.74, 6) is 0.0433. The Balaban J connectivity index is 2.02. The molecule has 2 rings (SSSR count). The van der Waals surface area contributed by atoms with Gasteiger partial charge in [-0.05, 0) is 50.8 Å². The normalized spacial score (nSPS) is 17.0. The third-order valence-corrected chi connectivity index (χ3v) is 6.94. The first-order chi connectivity index (χ1) is 11.8. The van der Waals surface area contributed by atoms with E-state index in [4.69, 9.17) is 0 Å². The predicted molar refractivity (Wildman–Crippen MR) is 99.8 cm³/mol. The lowest BCUT2D eigenvalue weighted by atomic mass is 9.96. The van der Waals surface area contributed by atoms with Gasteiger partial charge in [0.2, 0.25) is 15.9 Å². The highest BCUT2D eigenvalue weighted by molar-refractivity contribution is 7.89. The zero-order valence-electron chi connectivity index (χ0n) is 15.7. The van der Waals surface area contributed by atoms with Crippen LogP contribution in [0.5, 0.6) is 0 Å². The van der Waals surface area contributed by atoms with Crippen LogP contribution < -0.4 is 0 Å². The summed E-state index contributed by atoms with van der Waals surface area (Å²) in [6.07, 6.45) is 3.17. The topological polar surface area (TPSA) is 57.7 Å². The quantitative estimate of drug-likeness (QED) is 0.778. The Kier molecular flexibility index (Phi) is 6.63. The maximum absolute atomic E-state index is 12.8. The van der Waals surface area contributed by atoms with Gasteiger partial charge in [0, 0.05) is 32.1 Å². The Hall–Kier alpha value is -1.40. The second-order valence-electron chi connectivity index (χ2n) is 7.12. The zero-order chi connectivity index (χ0) is 18.6. The monoisotopic (exact) mass is 366 g/mol. The van der Waals surface area contributed by atoms with Gasteiger partial charge in [-0.15, -0.1) is 0 Å². The number of benzene rings is 1. The number of rotatable bonds is 6. The maximum Gasteiger partial charge on any atom is 0.243 e. The van der Waals surface area contributed by atoms with Crippen LogP contribution in [-0.4, -0.2) is 49.7 Å². The Morgan fingerprint density at radius 3 is 2.24 bits per heavy atom. The van der Waals surface area contributed by atoms with Gasteiger partial charge in [0.05, 0.1) is 4.90 Å². The van der Waals surface area contributed by atoms with E-state index in [0.717, 1.165) is 18.4 Å². The number of carbonyl (C=O) groups is 1. The van der Waals surface area contributed by atoms with Gasteiger partial charge >= 0.3 is 0 Å². The lowest BCUT2D eigenvalue weighted by Crippen LogP contribution is -2.44. The van der Waals surface area contributed by atoms with Crippen LogP contribution in [0.1, 0.15) is 45.6 Å². The molecule has 6 heteroatoms. The SMILES string of the molecule is CCCc1ccc(S(=O)(=O)N2CCC(C(=O)N(C)C(C)C)CC2)cc1. The van der Waals surface area contributed by atoms with Crippen LogP contribution in [0.15, 0.2) is 29.2 Å². The van der Waals surface area contributed by atoms with Crippen LogP contribution in [0.4, 0.5) is 0 Å². The van der Waals surface area contributed by atoms with E-state index in [1.54, 1.807) is 17.0 Å². The molecule has 0 saturated carbocycles. The van der Waals surface area contributed by atoms with Gasteiger partial charge in [-0.3, -0.25) is 4.79 Å². The number of sulfonamides is 1. The van der Waals surface area contributed by atoms with Crippen LogP contribution in [0.2, 0.25) is 0 Å². The Labute approximate surface area is 152 Å². The molecule has 0 atom stereocenters. The molecule has 1 saturated heterocycles. The number of amides is 1. The maximum atomic E-state index is 12.8. The van der Waals surface area contributed by atoms with E-state index in [-0.39, 0.29) is 17.9 Å². The summed E-state index contributed by atoms with van der Waals surface area (Å²) < 4.78 is 27.1. The lowest BCUT2D eigenvalue weighted by Gasteiger charge is -2.33. The molecule has 1 aliphatic heterocycles. The molecule has 25 heavy (non-hydrogen) atoms. The molecule has 1 fully saturated rings.